The van der Waals surface area contributed by atoms with Gasteiger partial charge >= 0.3 is 0 Å². The van der Waals surface area contributed by atoms with E-state index >= 15 is 0 Å². The first-order valence-electron chi connectivity index (χ1n) is 8.15. The third-order valence-electron chi connectivity index (χ3n) is 4.25. The van der Waals surface area contributed by atoms with Crippen molar-refractivity contribution in [2.75, 3.05) is 37.9 Å². The van der Waals surface area contributed by atoms with Crippen molar-refractivity contribution in [3.63, 3.8) is 0 Å². The molecule has 7 heteroatoms. The van der Waals surface area contributed by atoms with Crippen molar-refractivity contribution in [2.24, 2.45) is 5.73 Å². The van der Waals surface area contributed by atoms with E-state index in [1.807, 2.05) is 11.8 Å². The molecule has 22 heavy (non-hydrogen) atoms. The van der Waals surface area contributed by atoms with Crippen molar-refractivity contribution < 1.29 is 14.3 Å². The Morgan fingerprint density at radius 1 is 1.32 bits per heavy atom. The number of nitrogens with two attached hydrogens (primary N) is 1. The lowest BCUT2D eigenvalue weighted by molar-refractivity contribution is -0.145. The van der Waals surface area contributed by atoms with Crippen LogP contribution in [-0.2, 0) is 14.3 Å². The molecule has 2 saturated heterocycles. The molecule has 1 unspecified atom stereocenters. The lowest BCUT2D eigenvalue weighted by Gasteiger charge is -2.35. The molecule has 1 atom stereocenters. The van der Waals surface area contributed by atoms with Gasteiger partial charge in [-0.3, -0.25) is 9.59 Å². The average molecular weight is 329 g/mol. The fraction of sp³-hybridized carbons (Fsp3) is 0.867. The van der Waals surface area contributed by atoms with Gasteiger partial charge in [0, 0.05) is 31.9 Å². The zero-order valence-corrected chi connectivity index (χ0v) is 14.1. The molecule has 2 N–H and O–H groups in total. The molecular weight excluding hydrogens is 302 g/mol. The van der Waals surface area contributed by atoms with Gasteiger partial charge in [-0.2, -0.15) is 0 Å². The van der Waals surface area contributed by atoms with Crippen molar-refractivity contribution in [1.82, 2.24) is 9.80 Å². The zero-order chi connectivity index (χ0) is 15.9. The Balaban J connectivity index is 1.80. The summed E-state index contributed by atoms with van der Waals surface area (Å²) < 4.78 is 5.77. The van der Waals surface area contributed by atoms with Gasteiger partial charge in [0.15, 0.2) is 0 Å². The van der Waals surface area contributed by atoms with Crippen molar-refractivity contribution >= 4 is 23.6 Å². The smallest absolute Gasteiger partial charge is 0.246 e. The Morgan fingerprint density at radius 2 is 2.05 bits per heavy atom. The number of thioether (sulfide) groups is 1. The van der Waals surface area contributed by atoms with Gasteiger partial charge in [0.1, 0.15) is 6.04 Å². The fourth-order valence-corrected chi connectivity index (χ4v) is 4.05. The Bertz CT molecular complexity index is 386. The van der Waals surface area contributed by atoms with E-state index in [0.29, 0.717) is 25.4 Å². The third-order valence-corrected chi connectivity index (χ3v) is 5.26. The molecule has 0 spiro atoms. The predicted octanol–water partition coefficient (Wildman–Crippen LogP) is 0.654. The van der Waals surface area contributed by atoms with Crippen LogP contribution in [0.3, 0.4) is 0 Å². The van der Waals surface area contributed by atoms with Crippen LogP contribution in [0, 0.1) is 0 Å². The van der Waals surface area contributed by atoms with Crippen molar-refractivity contribution in [3.05, 3.63) is 0 Å². The van der Waals surface area contributed by atoms with Gasteiger partial charge in [-0.05, 0) is 25.8 Å². The summed E-state index contributed by atoms with van der Waals surface area (Å²) in [6.07, 6.45) is 3.32. The predicted molar refractivity (Wildman–Crippen MR) is 87.5 cm³/mol. The number of likely N-dealkylation sites (tertiary alicyclic amines) is 1. The Morgan fingerprint density at radius 3 is 2.68 bits per heavy atom. The van der Waals surface area contributed by atoms with E-state index in [1.165, 1.54) is 0 Å². The first-order valence-corrected chi connectivity index (χ1v) is 9.30. The zero-order valence-electron chi connectivity index (χ0n) is 13.3. The number of carbonyl (C=O) groups excluding carboxylic acids is 2. The molecule has 126 valence electrons. The van der Waals surface area contributed by atoms with Crippen molar-refractivity contribution in [3.8, 4) is 0 Å². The highest BCUT2D eigenvalue weighted by molar-refractivity contribution is 7.99. The number of hydrogen-bond donors (Lipinski definition) is 1. The summed E-state index contributed by atoms with van der Waals surface area (Å²) in [5.41, 5.74) is 5.46. The van der Waals surface area contributed by atoms with E-state index in [-0.39, 0.29) is 24.0 Å². The molecule has 2 rings (SSSR count). The summed E-state index contributed by atoms with van der Waals surface area (Å²) in [6.45, 7) is 4.64. The fourth-order valence-electron chi connectivity index (χ4n) is 2.88. The number of hydrogen-bond acceptors (Lipinski definition) is 5. The van der Waals surface area contributed by atoms with Gasteiger partial charge < -0.3 is 20.3 Å². The highest BCUT2D eigenvalue weighted by atomic mass is 32.2. The van der Waals surface area contributed by atoms with Gasteiger partial charge in [-0.1, -0.05) is 6.92 Å². The molecule has 0 aromatic heterocycles. The molecule has 0 bridgehead atoms. The van der Waals surface area contributed by atoms with Crippen LogP contribution in [0.4, 0.5) is 0 Å². The van der Waals surface area contributed by atoms with E-state index in [4.69, 9.17) is 10.5 Å². The number of piperidine rings is 1. The first-order chi connectivity index (χ1) is 10.7. The molecule has 0 radical (unpaired) electrons. The maximum absolute atomic E-state index is 12.7. The molecule has 2 aliphatic rings. The quantitative estimate of drug-likeness (QED) is 0.724. The van der Waals surface area contributed by atoms with E-state index in [2.05, 4.69) is 0 Å². The highest BCUT2D eigenvalue weighted by Crippen LogP contribution is 2.25. The lowest BCUT2D eigenvalue weighted by atomic mass is 10.1. The third kappa shape index (κ3) is 4.36. The number of amides is 2. The molecule has 2 aliphatic heterocycles. The Labute approximate surface area is 136 Å². The summed E-state index contributed by atoms with van der Waals surface area (Å²) in [7, 11) is 0. The molecule has 0 aliphatic carbocycles. The monoisotopic (exact) mass is 329 g/mol. The summed E-state index contributed by atoms with van der Waals surface area (Å²) in [4.78, 5) is 28.2. The Kier molecular flexibility index (Phi) is 6.98. The number of rotatable bonds is 6. The van der Waals surface area contributed by atoms with Crippen LogP contribution in [0.1, 0.15) is 32.6 Å². The molecular formula is C15H27N3O3S. The largest absolute Gasteiger partial charge is 0.378 e. The summed E-state index contributed by atoms with van der Waals surface area (Å²) in [5, 5.41) is 0. The van der Waals surface area contributed by atoms with Crippen LogP contribution in [-0.4, -0.2) is 71.6 Å². The number of carbonyl (C=O) groups is 2. The Hall–Kier alpha value is -0.790. The van der Waals surface area contributed by atoms with E-state index in [9.17, 15) is 9.59 Å². The second-order valence-corrected chi connectivity index (χ2v) is 6.77. The van der Waals surface area contributed by atoms with Crippen molar-refractivity contribution in [2.45, 2.75) is 44.8 Å². The summed E-state index contributed by atoms with van der Waals surface area (Å²) in [5.74, 6) is 1.54. The van der Waals surface area contributed by atoms with Gasteiger partial charge in [-0.15, -0.1) is 11.8 Å². The summed E-state index contributed by atoms with van der Waals surface area (Å²) in [6, 6.07) is -0.271. The highest BCUT2D eigenvalue weighted by Gasteiger charge is 2.37. The van der Waals surface area contributed by atoms with Crippen LogP contribution in [0.25, 0.3) is 0 Å². The lowest BCUT2D eigenvalue weighted by Crippen LogP contribution is -2.51. The molecule has 0 aromatic carbocycles. The van der Waals surface area contributed by atoms with E-state index in [1.54, 1.807) is 16.7 Å². The molecule has 2 fully saturated rings. The van der Waals surface area contributed by atoms with Crippen molar-refractivity contribution in [1.29, 1.82) is 0 Å². The molecule has 2 heterocycles. The van der Waals surface area contributed by atoms with Gasteiger partial charge in [0.2, 0.25) is 11.8 Å². The number of nitrogens with zero attached hydrogens (tertiary/aromatic N) is 2. The van der Waals surface area contributed by atoms with Crippen LogP contribution in [0.15, 0.2) is 0 Å². The minimum absolute atomic E-state index is 0.0725. The normalized spacial score (nSPS) is 23.1. The van der Waals surface area contributed by atoms with Crippen LogP contribution >= 0.6 is 11.8 Å². The minimum Gasteiger partial charge on any atom is -0.378 e. The van der Waals surface area contributed by atoms with Crippen LogP contribution < -0.4 is 5.73 Å². The maximum Gasteiger partial charge on any atom is 0.246 e. The maximum atomic E-state index is 12.7. The van der Waals surface area contributed by atoms with Gasteiger partial charge in [-0.25, -0.2) is 0 Å². The van der Waals surface area contributed by atoms with E-state index < -0.39 is 0 Å². The molecule has 0 saturated carbocycles. The molecule has 6 nitrogen and oxygen atoms in total. The van der Waals surface area contributed by atoms with Gasteiger partial charge in [0.05, 0.1) is 12.0 Å². The second-order valence-electron chi connectivity index (χ2n) is 5.77. The minimum atomic E-state index is -0.271. The van der Waals surface area contributed by atoms with Crippen LogP contribution in [0.2, 0.25) is 0 Å². The first kappa shape index (κ1) is 17.6. The molecule has 0 aromatic rings. The summed E-state index contributed by atoms with van der Waals surface area (Å²) >= 11 is 1.66. The van der Waals surface area contributed by atoms with Gasteiger partial charge in [0.25, 0.3) is 0 Å². The standard InChI is InChI=1S/C15H27N3O3S/c1-2-14(19)18-11-22-10-13(18)15(20)17-7-4-12(5-8-17)21-9-3-6-16/h12-13H,2-11,16H2,1H3. The van der Waals surface area contributed by atoms with E-state index in [0.717, 1.165) is 38.1 Å². The number of ether oxygens (including phenoxy) is 1. The second kappa shape index (κ2) is 8.74. The van der Waals surface area contributed by atoms with Crippen LogP contribution in [0.5, 0.6) is 0 Å². The SMILES string of the molecule is CCC(=O)N1CSCC1C(=O)N1CCC(OCCCN)CC1. The average Bonchev–Trinajstić information content (AvgIpc) is 3.04. The molecule has 2 amide bonds. The topological polar surface area (TPSA) is 75.9 Å².